The molecule has 1 aromatic carbocycles. The van der Waals surface area contributed by atoms with E-state index in [9.17, 15) is 43.8 Å². The standard InChI is InChI=1S/C36H55N9O9/c1-18(2)11-24(31(48)43-27(14-22-16-39-17-40-22)34(51)45-28(36(53)54)15-29(37)47)41-33(50)26(13-21-7-9-23(46)10-8-21)42-32(49)25(12-19(3)4)44-35(52)30(38)20(5)6/h7-10,16-20,24-28,30,46H,11-15,38H2,1-6H3,(H2,37,47)(H,39,40)(H,41,50)(H,42,49)(H,43,48)(H,44,52)(H,45,51)(H,53,54)/t24-,25-,26-,27-,28-,30-/m0/s1. The van der Waals surface area contributed by atoms with E-state index in [1.54, 1.807) is 39.8 Å². The molecule has 0 aliphatic carbocycles. The lowest BCUT2D eigenvalue weighted by Gasteiger charge is -2.28. The van der Waals surface area contributed by atoms with Crippen molar-refractivity contribution in [2.24, 2.45) is 29.2 Å². The third-order valence-electron chi connectivity index (χ3n) is 8.34. The summed E-state index contributed by atoms with van der Waals surface area (Å²) in [6, 6.07) is -1.53. The topological polar surface area (TPSA) is 301 Å². The minimum absolute atomic E-state index is 0.0170. The third-order valence-corrected chi connectivity index (χ3v) is 8.34. The molecule has 0 aliphatic heterocycles. The quantitative estimate of drug-likeness (QED) is 0.0721. The maximum Gasteiger partial charge on any atom is 0.326 e. The molecule has 18 heteroatoms. The number of phenolic OH excluding ortho intramolecular Hbond substituents is 1. The number of phenols is 1. The number of aromatic nitrogens is 2. The fourth-order valence-corrected chi connectivity index (χ4v) is 5.37. The number of nitrogens with two attached hydrogens (primary N) is 2. The summed E-state index contributed by atoms with van der Waals surface area (Å²) in [5.74, 6) is -6.57. The minimum atomic E-state index is -1.67. The van der Waals surface area contributed by atoms with E-state index in [1.165, 1.54) is 24.7 Å². The predicted octanol–water partition coefficient (Wildman–Crippen LogP) is -0.640. The average Bonchev–Trinajstić information content (AvgIpc) is 3.59. The van der Waals surface area contributed by atoms with Gasteiger partial charge in [-0.25, -0.2) is 9.78 Å². The van der Waals surface area contributed by atoms with Crippen LogP contribution in [0.15, 0.2) is 36.8 Å². The first kappa shape index (κ1) is 44.6. The summed E-state index contributed by atoms with van der Waals surface area (Å²) < 4.78 is 0. The highest BCUT2D eigenvalue weighted by atomic mass is 16.4. The summed E-state index contributed by atoms with van der Waals surface area (Å²) in [7, 11) is 0. The number of hydrogen-bond donors (Lipinski definition) is 10. The van der Waals surface area contributed by atoms with Gasteiger partial charge in [-0.3, -0.25) is 28.8 Å². The molecular weight excluding hydrogens is 702 g/mol. The van der Waals surface area contributed by atoms with Gasteiger partial charge in [-0.1, -0.05) is 53.7 Å². The largest absolute Gasteiger partial charge is 0.508 e. The van der Waals surface area contributed by atoms with Crippen LogP contribution >= 0.6 is 0 Å². The molecule has 298 valence electrons. The zero-order valence-electron chi connectivity index (χ0n) is 31.5. The molecule has 12 N–H and O–H groups in total. The van der Waals surface area contributed by atoms with Gasteiger partial charge < -0.3 is 53.2 Å². The normalized spacial score (nSPS) is 14.6. The number of carboxylic acid groups (broad SMARTS) is 1. The number of primary amides is 1. The van der Waals surface area contributed by atoms with E-state index in [1.807, 2.05) is 13.8 Å². The molecule has 0 radical (unpaired) electrons. The van der Waals surface area contributed by atoms with Gasteiger partial charge in [0, 0.05) is 24.7 Å². The van der Waals surface area contributed by atoms with Crippen molar-refractivity contribution in [3.8, 4) is 5.75 Å². The fraction of sp³-hybridized carbons (Fsp3) is 0.556. The second-order valence-corrected chi connectivity index (χ2v) is 14.5. The minimum Gasteiger partial charge on any atom is -0.508 e. The van der Waals surface area contributed by atoms with Gasteiger partial charge in [-0.05, 0) is 48.3 Å². The number of aliphatic carboxylic acids is 1. The smallest absolute Gasteiger partial charge is 0.326 e. The fourth-order valence-electron chi connectivity index (χ4n) is 5.37. The second-order valence-electron chi connectivity index (χ2n) is 14.5. The Kier molecular flexibility index (Phi) is 17.6. The Labute approximate surface area is 314 Å². The van der Waals surface area contributed by atoms with Crippen LogP contribution in [0, 0.1) is 17.8 Å². The molecule has 1 aromatic heterocycles. The van der Waals surface area contributed by atoms with Gasteiger partial charge in [0.05, 0.1) is 18.8 Å². The zero-order valence-corrected chi connectivity index (χ0v) is 31.5. The van der Waals surface area contributed by atoms with E-state index in [2.05, 4.69) is 36.6 Å². The van der Waals surface area contributed by atoms with Crippen molar-refractivity contribution in [3.63, 3.8) is 0 Å². The summed E-state index contributed by atoms with van der Waals surface area (Å²) in [6.07, 6.45) is 2.15. The van der Waals surface area contributed by atoms with Crippen LogP contribution < -0.4 is 38.1 Å². The highest BCUT2D eigenvalue weighted by Crippen LogP contribution is 2.14. The Morgan fingerprint density at radius 3 is 1.56 bits per heavy atom. The van der Waals surface area contributed by atoms with Gasteiger partial charge in [-0.2, -0.15) is 0 Å². The van der Waals surface area contributed by atoms with Gasteiger partial charge in [0.25, 0.3) is 0 Å². The molecule has 2 rings (SSSR count). The molecule has 6 atom stereocenters. The van der Waals surface area contributed by atoms with Crippen molar-refractivity contribution in [2.75, 3.05) is 0 Å². The van der Waals surface area contributed by atoms with E-state index in [-0.39, 0.29) is 49.2 Å². The van der Waals surface area contributed by atoms with E-state index < -0.39 is 84.1 Å². The van der Waals surface area contributed by atoms with Crippen molar-refractivity contribution in [1.82, 2.24) is 36.6 Å². The first-order valence-electron chi connectivity index (χ1n) is 17.8. The van der Waals surface area contributed by atoms with Crippen LogP contribution in [-0.4, -0.2) is 97.8 Å². The number of amides is 6. The van der Waals surface area contributed by atoms with E-state index >= 15 is 0 Å². The predicted molar refractivity (Wildman–Crippen MR) is 197 cm³/mol. The molecule has 1 heterocycles. The van der Waals surface area contributed by atoms with Gasteiger partial charge in [-0.15, -0.1) is 0 Å². The summed E-state index contributed by atoms with van der Waals surface area (Å²) in [4.78, 5) is 97.8. The van der Waals surface area contributed by atoms with Crippen LogP contribution in [0.4, 0.5) is 0 Å². The molecule has 6 amide bonds. The monoisotopic (exact) mass is 757 g/mol. The molecule has 54 heavy (non-hydrogen) atoms. The van der Waals surface area contributed by atoms with E-state index in [0.717, 1.165) is 0 Å². The molecule has 18 nitrogen and oxygen atoms in total. The van der Waals surface area contributed by atoms with Crippen LogP contribution in [0.25, 0.3) is 0 Å². The van der Waals surface area contributed by atoms with Gasteiger partial charge >= 0.3 is 5.97 Å². The lowest BCUT2D eigenvalue weighted by molar-refractivity contribution is -0.143. The Balaban J connectivity index is 2.42. The lowest BCUT2D eigenvalue weighted by atomic mass is 9.98. The Bertz CT molecular complexity index is 1580. The van der Waals surface area contributed by atoms with Crippen LogP contribution in [-0.2, 0) is 46.4 Å². The molecule has 0 saturated carbocycles. The van der Waals surface area contributed by atoms with Crippen LogP contribution in [0.5, 0.6) is 5.75 Å². The Hall–Kier alpha value is -5.52. The molecule has 0 unspecified atom stereocenters. The summed E-state index contributed by atoms with van der Waals surface area (Å²) in [5.41, 5.74) is 12.2. The number of H-pyrrole nitrogens is 1. The summed E-state index contributed by atoms with van der Waals surface area (Å²) in [5, 5.41) is 32.3. The summed E-state index contributed by atoms with van der Waals surface area (Å²) in [6.45, 7) is 10.9. The molecular formula is C36H55N9O9. The van der Waals surface area contributed by atoms with Crippen molar-refractivity contribution < 1.29 is 43.8 Å². The second kappa shape index (κ2) is 21.2. The third kappa shape index (κ3) is 15.2. The maximum atomic E-state index is 14.0. The van der Waals surface area contributed by atoms with Crippen LogP contribution in [0.2, 0.25) is 0 Å². The number of aromatic hydroxyl groups is 1. The van der Waals surface area contributed by atoms with E-state index in [0.29, 0.717) is 11.3 Å². The van der Waals surface area contributed by atoms with Gasteiger partial charge in [0.2, 0.25) is 35.4 Å². The number of nitrogens with zero attached hydrogens (tertiary/aromatic N) is 1. The first-order chi connectivity index (χ1) is 25.3. The Morgan fingerprint density at radius 1 is 0.685 bits per heavy atom. The zero-order chi connectivity index (χ0) is 40.7. The number of aromatic amines is 1. The summed E-state index contributed by atoms with van der Waals surface area (Å²) >= 11 is 0. The molecule has 0 bridgehead atoms. The molecule has 0 fully saturated rings. The number of nitrogens with one attached hydrogen (secondary N) is 6. The van der Waals surface area contributed by atoms with Gasteiger partial charge in [0.1, 0.15) is 36.0 Å². The Morgan fingerprint density at radius 2 is 1.13 bits per heavy atom. The number of rotatable bonds is 22. The maximum absolute atomic E-state index is 14.0. The van der Waals surface area contributed by atoms with Crippen molar-refractivity contribution in [3.05, 3.63) is 48.0 Å². The molecule has 2 aromatic rings. The number of hydrogen-bond acceptors (Lipinski definition) is 10. The first-order valence-corrected chi connectivity index (χ1v) is 17.8. The van der Waals surface area contributed by atoms with Gasteiger partial charge in [0.15, 0.2) is 0 Å². The average molecular weight is 758 g/mol. The molecule has 0 saturated heterocycles. The SMILES string of the molecule is CC(C)C[C@H](NC(=O)[C@H](Cc1ccc(O)cc1)NC(=O)[C@H](CC(C)C)NC(=O)[C@@H](N)C(C)C)C(=O)N[C@@H](Cc1cnc[nH]1)C(=O)N[C@@H](CC(N)=O)C(=O)O. The number of benzene rings is 1. The van der Waals surface area contributed by atoms with Crippen LogP contribution in [0.3, 0.4) is 0 Å². The molecule has 0 aliphatic rings. The number of carboxylic acids is 1. The van der Waals surface area contributed by atoms with Crippen molar-refractivity contribution >= 4 is 41.4 Å². The lowest BCUT2D eigenvalue weighted by Crippen LogP contribution is -2.60. The number of imidazole rings is 1. The highest BCUT2D eigenvalue weighted by molar-refractivity contribution is 5.97. The van der Waals surface area contributed by atoms with Crippen molar-refractivity contribution in [1.29, 1.82) is 0 Å². The highest BCUT2D eigenvalue weighted by Gasteiger charge is 2.34. The van der Waals surface area contributed by atoms with Crippen LogP contribution in [0.1, 0.15) is 72.1 Å². The number of carbonyl (C=O) groups is 7. The number of carbonyl (C=O) groups excluding carboxylic acids is 6. The van der Waals surface area contributed by atoms with Crippen molar-refractivity contribution in [2.45, 2.75) is 110 Å². The van der Waals surface area contributed by atoms with E-state index in [4.69, 9.17) is 11.5 Å². The molecule has 0 spiro atoms.